The van der Waals surface area contributed by atoms with Gasteiger partial charge in [-0.1, -0.05) is 0 Å². The zero-order chi connectivity index (χ0) is 17.0. The predicted octanol–water partition coefficient (Wildman–Crippen LogP) is 1.76. The Balaban J connectivity index is 1.61. The number of nitrogens with one attached hydrogen (secondary N) is 1. The van der Waals surface area contributed by atoms with E-state index in [0.717, 1.165) is 7.85 Å². The van der Waals surface area contributed by atoms with E-state index in [1.807, 2.05) is 0 Å². The van der Waals surface area contributed by atoms with Crippen molar-refractivity contribution in [2.75, 3.05) is 16.8 Å². The van der Waals surface area contributed by atoms with E-state index in [4.69, 9.17) is 0 Å². The van der Waals surface area contributed by atoms with E-state index in [2.05, 4.69) is 82.5 Å². The molecule has 4 aromatic rings. The van der Waals surface area contributed by atoms with Gasteiger partial charge in [-0.25, -0.2) is 0 Å². The molecule has 1 aromatic heterocycles. The second-order valence-electron chi connectivity index (χ2n) is 7.45. The first kappa shape index (κ1) is 13.9. The molecule has 3 aromatic carbocycles. The Hall–Kier alpha value is -2.21. The molecule has 3 unspecified atom stereocenters. The zero-order valence-corrected chi connectivity index (χ0v) is 16.4. The van der Waals surface area contributed by atoms with E-state index in [-0.39, 0.29) is 21.2 Å². The topological polar surface area (TPSA) is 22.3 Å². The van der Waals surface area contributed by atoms with Gasteiger partial charge in [0.15, 0.2) is 0 Å². The molecule has 3 aliphatic rings. The van der Waals surface area contributed by atoms with Crippen molar-refractivity contribution in [2.24, 2.45) is 0 Å². The SMILES string of the molecule is CN1c2ccccc2N2c3c(ccc4c3[nH]c3ccccc34)C3[I-]C3C12. The van der Waals surface area contributed by atoms with Gasteiger partial charge >= 0.3 is 162 Å². The summed E-state index contributed by atoms with van der Waals surface area (Å²) in [7, 11) is 2.28. The Morgan fingerprint density at radius 3 is 2.62 bits per heavy atom. The molecule has 3 aliphatic heterocycles. The molecule has 26 heavy (non-hydrogen) atoms. The van der Waals surface area contributed by atoms with Crippen molar-refractivity contribution < 1.29 is 21.2 Å². The fourth-order valence-corrected chi connectivity index (χ4v) is 8.48. The van der Waals surface area contributed by atoms with Gasteiger partial charge in [-0.15, -0.1) is 0 Å². The number of H-pyrrole nitrogens is 1. The Morgan fingerprint density at radius 2 is 1.69 bits per heavy atom. The zero-order valence-electron chi connectivity index (χ0n) is 14.3. The van der Waals surface area contributed by atoms with Gasteiger partial charge in [-0.05, 0) is 0 Å². The van der Waals surface area contributed by atoms with Crippen molar-refractivity contribution in [2.45, 2.75) is 14.0 Å². The van der Waals surface area contributed by atoms with Crippen LogP contribution < -0.4 is 31.0 Å². The summed E-state index contributed by atoms with van der Waals surface area (Å²) in [5.41, 5.74) is 8.28. The molecule has 0 bridgehead atoms. The standard InChI is InChI=1S/C22H17IN3/c1-25-16-8-4-5-9-17(16)26-21-14(18-19(23-18)22(25)26)11-10-13-12-6-2-3-7-15(12)24-20(13)21/h2-11,18-19,22,24H,1H3/q-1. The molecule has 3 nitrogen and oxygen atoms in total. The molecule has 1 N–H and O–H groups in total. The number of hydrogen-bond donors (Lipinski definition) is 1. The molecule has 4 heterocycles. The van der Waals surface area contributed by atoms with Gasteiger partial charge in [-0.2, -0.15) is 0 Å². The van der Waals surface area contributed by atoms with Crippen LogP contribution in [-0.2, 0) is 0 Å². The third-order valence-electron chi connectivity index (χ3n) is 6.19. The van der Waals surface area contributed by atoms with Gasteiger partial charge in [0, 0.05) is 0 Å². The number of alkyl halides is 2. The molecule has 1 saturated heterocycles. The van der Waals surface area contributed by atoms with Crippen LogP contribution in [0, 0.1) is 0 Å². The number of aromatic nitrogens is 1. The quantitative estimate of drug-likeness (QED) is 0.326. The minimum atomic E-state index is 0.239. The Bertz CT molecular complexity index is 1230. The molecule has 3 atom stereocenters. The molecule has 128 valence electrons. The average Bonchev–Trinajstić information content (AvgIpc) is 3.31. The van der Waals surface area contributed by atoms with Gasteiger partial charge in [0.2, 0.25) is 0 Å². The van der Waals surface area contributed by atoms with Crippen molar-refractivity contribution in [3.05, 3.63) is 66.2 Å². The number of nitrogens with zero attached hydrogens (tertiary/aromatic N) is 2. The van der Waals surface area contributed by atoms with E-state index in [9.17, 15) is 0 Å². The maximum atomic E-state index is 3.76. The molecular weight excluding hydrogens is 433 g/mol. The second-order valence-corrected chi connectivity index (χ2v) is 11.0. The first-order valence-corrected chi connectivity index (χ1v) is 11.6. The number of benzene rings is 3. The number of para-hydroxylation sites is 3. The summed E-state index contributed by atoms with van der Waals surface area (Å²) >= 11 is 0.239. The van der Waals surface area contributed by atoms with Gasteiger partial charge in [-0.3, -0.25) is 0 Å². The van der Waals surface area contributed by atoms with E-state index in [1.54, 1.807) is 5.56 Å². The molecule has 4 heteroatoms. The fourth-order valence-electron chi connectivity index (χ4n) is 5.01. The second kappa shape index (κ2) is 4.55. The Morgan fingerprint density at radius 1 is 0.885 bits per heavy atom. The summed E-state index contributed by atoms with van der Waals surface area (Å²) in [6.07, 6.45) is 0.495. The molecule has 0 radical (unpaired) electrons. The fraction of sp³-hybridized carbons (Fsp3) is 0.182. The number of fused-ring (bicyclic) bond motifs is 12. The monoisotopic (exact) mass is 450 g/mol. The van der Waals surface area contributed by atoms with Crippen molar-refractivity contribution in [1.29, 1.82) is 0 Å². The molecule has 0 aliphatic carbocycles. The summed E-state index contributed by atoms with van der Waals surface area (Å²) in [6.45, 7) is 0. The summed E-state index contributed by atoms with van der Waals surface area (Å²) in [6, 6.07) is 22.3. The number of hydrogen-bond acceptors (Lipinski definition) is 2. The Kier molecular flexibility index (Phi) is 2.43. The van der Waals surface area contributed by atoms with Crippen LogP contribution in [0.15, 0.2) is 60.7 Å². The number of halogens is 1. The molecule has 0 saturated carbocycles. The Labute approximate surface area is 161 Å². The molecule has 0 spiro atoms. The van der Waals surface area contributed by atoms with Crippen LogP contribution in [0.1, 0.15) is 9.49 Å². The van der Waals surface area contributed by atoms with Crippen molar-refractivity contribution >= 4 is 38.9 Å². The molecular formula is C22H17IN3-. The molecule has 0 amide bonds. The predicted molar refractivity (Wildman–Crippen MR) is 103 cm³/mol. The first-order chi connectivity index (χ1) is 12.8. The summed E-state index contributed by atoms with van der Waals surface area (Å²) in [4.78, 5) is 8.91. The summed E-state index contributed by atoms with van der Waals surface area (Å²) in [5.74, 6) is 0. The third-order valence-corrected chi connectivity index (χ3v) is 9.77. The molecule has 7 rings (SSSR count). The van der Waals surface area contributed by atoms with Crippen molar-refractivity contribution in [3.8, 4) is 0 Å². The maximum absolute atomic E-state index is 3.76. The van der Waals surface area contributed by atoms with Gasteiger partial charge in [0.05, 0.1) is 0 Å². The average molecular weight is 450 g/mol. The van der Waals surface area contributed by atoms with E-state index in [0.29, 0.717) is 6.17 Å². The van der Waals surface area contributed by atoms with Crippen LogP contribution in [-0.4, -0.2) is 22.1 Å². The van der Waals surface area contributed by atoms with Crippen LogP contribution in [0.25, 0.3) is 21.8 Å². The number of anilines is 3. The molecule has 1 fully saturated rings. The van der Waals surface area contributed by atoms with Crippen LogP contribution in [0.4, 0.5) is 17.1 Å². The van der Waals surface area contributed by atoms with Gasteiger partial charge in [0.1, 0.15) is 0 Å². The van der Waals surface area contributed by atoms with E-state index >= 15 is 0 Å². The van der Waals surface area contributed by atoms with Crippen LogP contribution >= 0.6 is 0 Å². The van der Waals surface area contributed by atoms with Crippen LogP contribution in [0.5, 0.6) is 0 Å². The minimum absolute atomic E-state index is 0.239. The summed E-state index contributed by atoms with van der Waals surface area (Å²) < 4.78 is 1.66. The number of rotatable bonds is 0. The number of aromatic amines is 1. The summed E-state index contributed by atoms with van der Waals surface area (Å²) in [5, 5.41) is 2.68. The first-order valence-electron chi connectivity index (χ1n) is 9.09. The van der Waals surface area contributed by atoms with E-state index < -0.39 is 0 Å². The van der Waals surface area contributed by atoms with Gasteiger partial charge in [0.25, 0.3) is 0 Å². The van der Waals surface area contributed by atoms with Crippen LogP contribution in [0.3, 0.4) is 0 Å². The van der Waals surface area contributed by atoms with Gasteiger partial charge < -0.3 is 0 Å². The normalized spacial score (nSPS) is 25.5. The van der Waals surface area contributed by atoms with E-state index in [1.165, 1.54) is 38.9 Å². The third kappa shape index (κ3) is 1.52. The van der Waals surface area contributed by atoms with Crippen LogP contribution in [0.2, 0.25) is 0 Å². The van der Waals surface area contributed by atoms with Crippen molar-refractivity contribution in [3.63, 3.8) is 0 Å². The van der Waals surface area contributed by atoms with Crippen molar-refractivity contribution in [1.82, 2.24) is 4.98 Å².